The van der Waals surface area contributed by atoms with Crippen LogP contribution in [0.3, 0.4) is 0 Å². The van der Waals surface area contributed by atoms with Gasteiger partial charge in [-0.05, 0) is 0 Å². The summed E-state index contributed by atoms with van der Waals surface area (Å²) < 4.78 is 0. The first-order valence-electron chi connectivity index (χ1n) is 3.65. The van der Waals surface area contributed by atoms with Crippen LogP contribution in [0.2, 0.25) is 0 Å². The van der Waals surface area contributed by atoms with Crippen LogP contribution in [-0.2, 0) is 4.79 Å². The van der Waals surface area contributed by atoms with E-state index in [4.69, 9.17) is 5.73 Å². The molecule has 1 aliphatic heterocycles. The van der Waals surface area contributed by atoms with Crippen molar-refractivity contribution in [3.8, 4) is 0 Å². The topological polar surface area (TPSA) is 84.2 Å². The highest BCUT2D eigenvalue weighted by Crippen LogP contribution is 2.12. The highest BCUT2D eigenvalue weighted by atomic mass is 32.2. The molecule has 4 N–H and O–H groups in total. The highest BCUT2D eigenvalue weighted by Gasteiger charge is 2.27. The summed E-state index contributed by atoms with van der Waals surface area (Å²) in [6.45, 7) is 0.870. The van der Waals surface area contributed by atoms with E-state index >= 15 is 0 Å². The molecule has 1 heterocycles. The minimum atomic E-state index is -0.381. The van der Waals surface area contributed by atoms with E-state index in [2.05, 4.69) is 10.6 Å². The minimum absolute atomic E-state index is 0.136. The Morgan fingerprint density at radius 2 is 2.58 bits per heavy atom. The fraction of sp³-hybridized carbons (Fsp3) is 0.667. The lowest BCUT2D eigenvalue weighted by molar-refractivity contribution is -0.122. The SMILES string of the molecule is NCCNC(=O)C1CSC(=O)N1. The van der Waals surface area contributed by atoms with Crippen molar-refractivity contribution in [2.45, 2.75) is 6.04 Å². The molecule has 0 radical (unpaired) electrons. The van der Waals surface area contributed by atoms with Gasteiger partial charge in [-0.15, -0.1) is 0 Å². The van der Waals surface area contributed by atoms with Gasteiger partial charge in [0.1, 0.15) is 6.04 Å². The maximum atomic E-state index is 11.2. The second-order valence-corrected chi connectivity index (χ2v) is 3.37. The van der Waals surface area contributed by atoms with Crippen LogP contribution in [0.5, 0.6) is 0 Å². The van der Waals surface area contributed by atoms with E-state index in [1.807, 2.05) is 0 Å². The molecule has 0 aromatic heterocycles. The van der Waals surface area contributed by atoms with Crippen molar-refractivity contribution < 1.29 is 9.59 Å². The Hall–Kier alpha value is -0.750. The van der Waals surface area contributed by atoms with Crippen LogP contribution < -0.4 is 16.4 Å². The van der Waals surface area contributed by atoms with Crippen molar-refractivity contribution in [1.29, 1.82) is 0 Å². The second kappa shape index (κ2) is 4.32. The molecule has 12 heavy (non-hydrogen) atoms. The van der Waals surface area contributed by atoms with Crippen LogP contribution in [0, 0.1) is 0 Å². The van der Waals surface area contributed by atoms with E-state index < -0.39 is 0 Å². The van der Waals surface area contributed by atoms with Crippen LogP contribution >= 0.6 is 11.8 Å². The number of carbonyl (C=O) groups is 2. The number of carbonyl (C=O) groups excluding carboxylic acids is 2. The van der Waals surface area contributed by atoms with Gasteiger partial charge in [0.05, 0.1) is 0 Å². The summed E-state index contributed by atoms with van der Waals surface area (Å²) in [4.78, 5) is 21.8. The van der Waals surface area contributed by atoms with Gasteiger partial charge in [-0.3, -0.25) is 9.59 Å². The third-order valence-electron chi connectivity index (χ3n) is 1.43. The molecule has 2 amide bonds. The van der Waals surface area contributed by atoms with Crippen LogP contribution in [0.1, 0.15) is 0 Å². The van der Waals surface area contributed by atoms with E-state index in [1.54, 1.807) is 0 Å². The maximum Gasteiger partial charge on any atom is 0.279 e. The lowest BCUT2D eigenvalue weighted by Crippen LogP contribution is -2.44. The van der Waals surface area contributed by atoms with Gasteiger partial charge in [-0.2, -0.15) is 0 Å². The average Bonchev–Trinajstić information content (AvgIpc) is 2.47. The summed E-state index contributed by atoms with van der Waals surface area (Å²) in [5.41, 5.74) is 5.20. The number of nitrogens with two attached hydrogens (primary N) is 1. The van der Waals surface area contributed by atoms with Gasteiger partial charge in [0.25, 0.3) is 5.24 Å². The molecule has 0 saturated carbocycles. The minimum Gasteiger partial charge on any atom is -0.353 e. The standard InChI is InChI=1S/C6H11N3O2S/c7-1-2-8-5(10)4-3-12-6(11)9-4/h4H,1-3,7H2,(H,8,10)(H,9,11). The summed E-state index contributed by atoms with van der Waals surface area (Å²) >= 11 is 1.13. The zero-order chi connectivity index (χ0) is 8.97. The second-order valence-electron chi connectivity index (χ2n) is 2.38. The van der Waals surface area contributed by atoms with Crippen molar-refractivity contribution in [2.24, 2.45) is 5.73 Å². The van der Waals surface area contributed by atoms with E-state index in [-0.39, 0.29) is 17.2 Å². The monoisotopic (exact) mass is 189 g/mol. The van der Waals surface area contributed by atoms with Crippen LogP contribution in [-0.4, -0.2) is 36.0 Å². The first-order chi connectivity index (χ1) is 5.74. The third kappa shape index (κ3) is 2.38. The Balaban J connectivity index is 2.28. The van der Waals surface area contributed by atoms with Crippen molar-refractivity contribution >= 4 is 22.9 Å². The van der Waals surface area contributed by atoms with Gasteiger partial charge in [0.2, 0.25) is 5.91 Å². The van der Waals surface area contributed by atoms with Crippen LogP contribution in [0.25, 0.3) is 0 Å². The Labute approximate surface area is 74.4 Å². The van der Waals surface area contributed by atoms with Gasteiger partial charge in [-0.1, -0.05) is 11.8 Å². The van der Waals surface area contributed by atoms with Gasteiger partial charge in [-0.25, -0.2) is 0 Å². The van der Waals surface area contributed by atoms with E-state index in [1.165, 1.54) is 0 Å². The molecule has 68 valence electrons. The normalized spacial score (nSPS) is 22.1. The van der Waals surface area contributed by atoms with Crippen molar-refractivity contribution in [3.05, 3.63) is 0 Å². The molecule has 1 unspecified atom stereocenters. The molecule has 1 atom stereocenters. The van der Waals surface area contributed by atoms with Crippen LogP contribution in [0.4, 0.5) is 4.79 Å². The molecule has 0 bridgehead atoms. The Bertz CT molecular complexity index is 197. The highest BCUT2D eigenvalue weighted by molar-refractivity contribution is 8.14. The molecule has 5 nitrogen and oxygen atoms in total. The number of hydrogen-bond donors (Lipinski definition) is 3. The number of amides is 2. The number of thioether (sulfide) groups is 1. The predicted molar refractivity (Wildman–Crippen MR) is 46.8 cm³/mol. The van der Waals surface area contributed by atoms with Crippen molar-refractivity contribution in [2.75, 3.05) is 18.8 Å². The molecule has 6 heteroatoms. The summed E-state index contributed by atoms with van der Waals surface area (Å²) in [7, 11) is 0. The molecule has 1 aliphatic rings. The molecule has 0 aromatic carbocycles. The molecular weight excluding hydrogens is 178 g/mol. The third-order valence-corrected chi connectivity index (χ3v) is 2.31. The van der Waals surface area contributed by atoms with Crippen LogP contribution in [0.15, 0.2) is 0 Å². The lowest BCUT2D eigenvalue weighted by Gasteiger charge is -2.08. The maximum absolute atomic E-state index is 11.2. The van der Waals surface area contributed by atoms with Gasteiger partial charge in [0, 0.05) is 18.8 Å². The quantitative estimate of drug-likeness (QED) is 0.525. The Kier molecular flexibility index (Phi) is 3.36. The Morgan fingerprint density at radius 1 is 1.83 bits per heavy atom. The summed E-state index contributed by atoms with van der Waals surface area (Å²) in [6.07, 6.45) is 0. The molecular formula is C6H11N3O2S. The first kappa shape index (κ1) is 9.34. The fourth-order valence-electron chi connectivity index (χ4n) is 0.844. The number of hydrogen-bond acceptors (Lipinski definition) is 4. The Morgan fingerprint density at radius 3 is 3.08 bits per heavy atom. The number of nitrogens with one attached hydrogen (secondary N) is 2. The summed E-state index contributed by atoms with van der Waals surface area (Å²) in [5, 5.41) is 5.00. The molecule has 1 rings (SSSR count). The molecule has 1 saturated heterocycles. The molecule has 0 aromatic rings. The average molecular weight is 189 g/mol. The van der Waals surface area contributed by atoms with Gasteiger partial charge >= 0.3 is 0 Å². The zero-order valence-electron chi connectivity index (χ0n) is 6.50. The zero-order valence-corrected chi connectivity index (χ0v) is 7.32. The van der Waals surface area contributed by atoms with E-state index in [0.29, 0.717) is 18.8 Å². The smallest absolute Gasteiger partial charge is 0.279 e. The van der Waals surface area contributed by atoms with Crippen molar-refractivity contribution in [3.63, 3.8) is 0 Å². The summed E-state index contributed by atoms with van der Waals surface area (Å²) in [5.74, 6) is 0.355. The lowest BCUT2D eigenvalue weighted by atomic mass is 10.3. The molecule has 1 fully saturated rings. The van der Waals surface area contributed by atoms with Crippen molar-refractivity contribution in [1.82, 2.24) is 10.6 Å². The van der Waals surface area contributed by atoms with Gasteiger partial charge in [0.15, 0.2) is 0 Å². The summed E-state index contributed by atoms with van der Waals surface area (Å²) in [6, 6.07) is -0.381. The molecule has 0 spiro atoms. The largest absolute Gasteiger partial charge is 0.353 e. The van der Waals surface area contributed by atoms with Gasteiger partial charge < -0.3 is 16.4 Å². The predicted octanol–water partition coefficient (Wildman–Crippen LogP) is -1.11. The molecule has 0 aliphatic carbocycles. The van der Waals surface area contributed by atoms with E-state index in [9.17, 15) is 9.59 Å². The fourth-order valence-corrected chi connectivity index (χ4v) is 1.62. The first-order valence-corrected chi connectivity index (χ1v) is 4.63. The number of rotatable bonds is 3. The van der Waals surface area contributed by atoms with E-state index in [0.717, 1.165) is 11.8 Å².